The lowest BCUT2D eigenvalue weighted by molar-refractivity contribution is 0.187. The Morgan fingerprint density at radius 1 is 1.09 bits per heavy atom. The SMILES string of the molecule is COC(=O)Nc1cccc(-c2cnc(-c3ccccc3)o2)c1. The van der Waals surface area contributed by atoms with Gasteiger partial charge >= 0.3 is 6.09 Å². The van der Waals surface area contributed by atoms with E-state index < -0.39 is 6.09 Å². The molecule has 0 fully saturated rings. The summed E-state index contributed by atoms with van der Waals surface area (Å²) in [7, 11) is 1.32. The van der Waals surface area contributed by atoms with Gasteiger partial charge in [-0.15, -0.1) is 0 Å². The predicted octanol–water partition coefficient (Wildman–Crippen LogP) is 4.19. The van der Waals surface area contributed by atoms with E-state index in [0.717, 1.165) is 11.1 Å². The Labute approximate surface area is 127 Å². The van der Waals surface area contributed by atoms with Gasteiger partial charge in [0, 0.05) is 16.8 Å². The molecule has 1 N–H and O–H groups in total. The van der Waals surface area contributed by atoms with Crippen molar-refractivity contribution in [3.05, 3.63) is 60.8 Å². The van der Waals surface area contributed by atoms with E-state index in [4.69, 9.17) is 4.42 Å². The van der Waals surface area contributed by atoms with Crippen LogP contribution in [0.3, 0.4) is 0 Å². The number of anilines is 1. The molecule has 3 aromatic rings. The summed E-state index contributed by atoms with van der Waals surface area (Å²) < 4.78 is 10.4. The molecule has 0 saturated heterocycles. The van der Waals surface area contributed by atoms with E-state index in [9.17, 15) is 4.79 Å². The van der Waals surface area contributed by atoms with Crippen LogP contribution in [-0.4, -0.2) is 18.2 Å². The number of methoxy groups -OCH3 is 1. The molecule has 0 unspecified atom stereocenters. The molecule has 0 radical (unpaired) electrons. The number of benzene rings is 2. The van der Waals surface area contributed by atoms with Gasteiger partial charge in [0.15, 0.2) is 5.76 Å². The Kier molecular flexibility index (Phi) is 3.87. The van der Waals surface area contributed by atoms with Gasteiger partial charge in [-0.05, 0) is 24.3 Å². The first-order valence-corrected chi connectivity index (χ1v) is 6.73. The molecule has 1 amide bonds. The largest absolute Gasteiger partial charge is 0.453 e. The van der Waals surface area contributed by atoms with Crippen LogP contribution in [0.25, 0.3) is 22.8 Å². The number of carbonyl (C=O) groups is 1. The zero-order valence-corrected chi connectivity index (χ0v) is 11.9. The summed E-state index contributed by atoms with van der Waals surface area (Å²) in [5.74, 6) is 1.19. The van der Waals surface area contributed by atoms with Gasteiger partial charge in [-0.25, -0.2) is 9.78 Å². The lowest BCUT2D eigenvalue weighted by Gasteiger charge is -2.04. The van der Waals surface area contributed by atoms with Gasteiger partial charge in [-0.3, -0.25) is 5.32 Å². The van der Waals surface area contributed by atoms with Gasteiger partial charge in [-0.2, -0.15) is 0 Å². The summed E-state index contributed by atoms with van der Waals surface area (Å²) in [5.41, 5.74) is 2.36. The van der Waals surface area contributed by atoms with Crippen LogP contribution in [0.1, 0.15) is 0 Å². The van der Waals surface area contributed by atoms with Crippen molar-refractivity contribution in [2.24, 2.45) is 0 Å². The summed E-state index contributed by atoms with van der Waals surface area (Å²) in [6.45, 7) is 0. The van der Waals surface area contributed by atoms with Gasteiger partial charge in [0.05, 0.1) is 13.3 Å². The van der Waals surface area contributed by atoms with Crippen molar-refractivity contribution in [3.63, 3.8) is 0 Å². The number of hydrogen-bond donors (Lipinski definition) is 1. The third-order valence-corrected chi connectivity index (χ3v) is 3.11. The number of amides is 1. The molecule has 0 aliphatic heterocycles. The van der Waals surface area contributed by atoms with Gasteiger partial charge in [0.2, 0.25) is 5.89 Å². The van der Waals surface area contributed by atoms with Gasteiger partial charge in [0.1, 0.15) is 0 Å². The standard InChI is InChI=1S/C17H14N2O3/c1-21-17(20)19-14-9-5-8-13(10-14)15-11-18-16(22-15)12-6-3-2-4-7-12/h2-11H,1H3,(H,19,20). The maximum Gasteiger partial charge on any atom is 0.411 e. The van der Waals surface area contributed by atoms with Crippen LogP contribution in [0.5, 0.6) is 0 Å². The van der Waals surface area contributed by atoms with Crippen LogP contribution in [0.2, 0.25) is 0 Å². The first-order valence-electron chi connectivity index (χ1n) is 6.73. The van der Waals surface area contributed by atoms with Crippen LogP contribution in [0.15, 0.2) is 65.2 Å². The molecule has 0 spiro atoms. The smallest absolute Gasteiger partial charge is 0.411 e. The number of nitrogens with one attached hydrogen (secondary N) is 1. The fourth-order valence-corrected chi connectivity index (χ4v) is 2.04. The minimum Gasteiger partial charge on any atom is -0.453 e. The third-order valence-electron chi connectivity index (χ3n) is 3.11. The van der Waals surface area contributed by atoms with E-state index in [1.807, 2.05) is 42.5 Å². The van der Waals surface area contributed by atoms with Crippen molar-refractivity contribution in [1.29, 1.82) is 0 Å². The molecular weight excluding hydrogens is 280 g/mol. The molecule has 0 aliphatic rings. The average molecular weight is 294 g/mol. The van der Waals surface area contributed by atoms with Crippen LogP contribution in [0.4, 0.5) is 10.5 Å². The minimum absolute atomic E-state index is 0.514. The molecule has 0 saturated carbocycles. The summed E-state index contributed by atoms with van der Waals surface area (Å²) in [6.07, 6.45) is 1.15. The van der Waals surface area contributed by atoms with Crippen molar-refractivity contribution in [2.45, 2.75) is 0 Å². The van der Waals surface area contributed by atoms with Crippen LogP contribution in [0, 0.1) is 0 Å². The zero-order chi connectivity index (χ0) is 15.4. The highest BCUT2D eigenvalue weighted by molar-refractivity contribution is 5.85. The van der Waals surface area contributed by atoms with Crippen LogP contribution in [-0.2, 0) is 4.74 Å². The number of carbonyl (C=O) groups excluding carboxylic acids is 1. The molecule has 1 heterocycles. The van der Waals surface area contributed by atoms with Crippen molar-refractivity contribution in [3.8, 4) is 22.8 Å². The molecular formula is C17H14N2O3. The molecule has 0 atom stereocenters. The first-order chi connectivity index (χ1) is 10.8. The quantitative estimate of drug-likeness (QED) is 0.786. The molecule has 1 aromatic heterocycles. The Bertz CT molecular complexity index is 781. The van der Waals surface area contributed by atoms with E-state index in [2.05, 4.69) is 15.0 Å². The molecule has 2 aromatic carbocycles. The Balaban J connectivity index is 1.87. The fraction of sp³-hybridized carbons (Fsp3) is 0.0588. The number of rotatable bonds is 3. The second-order valence-corrected chi connectivity index (χ2v) is 4.59. The van der Waals surface area contributed by atoms with Crippen LogP contribution < -0.4 is 5.32 Å². The van der Waals surface area contributed by atoms with Crippen molar-refractivity contribution in [2.75, 3.05) is 12.4 Å². The fourth-order valence-electron chi connectivity index (χ4n) is 2.04. The van der Waals surface area contributed by atoms with Gasteiger partial charge in [0.25, 0.3) is 0 Å². The molecule has 5 heteroatoms. The normalized spacial score (nSPS) is 10.2. The van der Waals surface area contributed by atoms with Crippen LogP contribution >= 0.6 is 0 Å². The molecule has 3 rings (SSSR count). The summed E-state index contributed by atoms with van der Waals surface area (Å²) in [6, 6.07) is 17.0. The maximum absolute atomic E-state index is 11.2. The highest BCUT2D eigenvalue weighted by Crippen LogP contribution is 2.27. The predicted molar refractivity (Wildman–Crippen MR) is 83.4 cm³/mol. The van der Waals surface area contributed by atoms with Gasteiger partial charge < -0.3 is 9.15 Å². The van der Waals surface area contributed by atoms with E-state index in [1.165, 1.54) is 7.11 Å². The van der Waals surface area contributed by atoms with E-state index in [1.54, 1.807) is 18.3 Å². The van der Waals surface area contributed by atoms with Crippen molar-refractivity contribution in [1.82, 2.24) is 4.98 Å². The first kappa shape index (κ1) is 13.9. The molecule has 22 heavy (non-hydrogen) atoms. The Morgan fingerprint density at radius 3 is 2.64 bits per heavy atom. The molecule has 110 valence electrons. The van der Waals surface area contributed by atoms with Crippen molar-refractivity contribution >= 4 is 11.8 Å². The lowest BCUT2D eigenvalue weighted by atomic mass is 10.1. The maximum atomic E-state index is 11.2. The average Bonchev–Trinajstić information content (AvgIpc) is 3.06. The summed E-state index contributed by atoms with van der Waals surface area (Å²) >= 11 is 0. The lowest BCUT2D eigenvalue weighted by Crippen LogP contribution is -2.10. The molecule has 0 aliphatic carbocycles. The monoisotopic (exact) mass is 294 g/mol. The Hall–Kier alpha value is -3.08. The highest BCUT2D eigenvalue weighted by atomic mass is 16.5. The number of aromatic nitrogens is 1. The highest BCUT2D eigenvalue weighted by Gasteiger charge is 2.09. The van der Waals surface area contributed by atoms with Gasteiger partial charge in [-0.1, -0.05) is 30.3 Å². The molecule has 0 bridgehead atoms. The minimum atomic E-state index is -0.514. The second kappa shape index (κ2) is 6.13. The number of hydrogen-bond acceptors (Lipinski definition) is 4. The summed E-state index contributed by atoms with van der Waals surface area (Å²) in [5, 5.41) is 2.62. The second-order valence-electron chi connectivity index (χ2n) is 4.59. The zero-order valence-electron chi connectivity index (χ0n) is 11.9. The van der Waals surface area contributed by atoms with Crippen molar-refractivity contribution < 1.29 is 13.9 Å². The number of oxazole rings is 1. The van der Waals surface area contributed by atoms with E-state index in [-0.39, 0.29) is 0 Å². The number of nitrogens with zero attached hydrogens (tertiary/aromatic N) is 1. The van der Waals surface area contributed by atoms with E-state index >= 15 is 0 Å². The third kappa shape index (κ3) is 2.98. The van der Waals surface area contributed by atoms with E-state index in [0.29, 0.717) is 17.3 Å². The Morgan fingerprint density at radius 2 is 1.86 bits per heavy atom. The summed E-state index contributed by atoms with van der Waals surface area (Å²) in [4.78, 5) is 15.5. The molecule has 5 nitrogen and oxygen atoms in total. The topological polar surface area (TPSA) is 64.4 Å². The number of ether oxygens (including phenoxy) is 1.